The summed E-state index contributed by atoms with van der Waals surface area (Å²) < 4.78 is 2.22. The number of rotatable bonds is 3. The fraction of sp³-hybridized carbons (Fsp3) is 0.444. The summed E-state index contributed by atoms with van der Waals surface area (Å²) in [5, 5.41) is 9.76. The quantitative estimate of drug-likeness (QED) is 0.885. The second kappa shape index (κ2) is 4.34. The standard InChI is InChI=1S/C9H12BrN5O/c1-2-5(3-11)15-8-7(14-9(15)16)12-4-6(10)13-8/h4-5H,2-3,11H2,1H3,(H,12,14,16). The Morgan fingerprint density at radius 1 is 1.56 bits per heavy atom. The summed E-state index contributed by atoms with van der Waals surface area (Å²) in [6.45, 7) is 2.41. The largest absolute Gasteiger partial charge is 0.480 e. The zero-order chi connectivity index (χ0) is 11.7. The molecular formula is C9H12BrN5O. The molecular weight excluding hydrogens is 274 g/mol. The first kappa shape index (κ1) is 11.3. The lowest BCUT2D eigenvalue weighted by Gasteiger charge is -2.14. The molecule has 16 heavy (non-hydrogen) atoms. The zero-order valence-electron chi connectivity index (χ0n) is 8.76. The van der Waals surface area contributed by atoms with Crippen molar-refractivity contribution >= 4 is 27.2 Å². The average molecular weight is 286 g/mol. The molecule has 0 bridgehead atoms. The summed E-state index contributed by atoms with van der Waals surface area (Å²) >= 11 is 3.24. The van der Waals surface area contributed by atoms with Gasteiger partial charge in [-0.15, -0.1) is 0 Å². The summed E-state index contributed by atoms with van der Waals surface area (Å²) in [4.78, 5) is 12.3. The molecule has 1 atom stereocenters. The Hall–Kier alpha value is -1.21. The van der Waals surface area contributed by atoms with E-state index in [4.69, 9.17) is 5.73 Å². The molecule has 0 aliphatic heterocycles. The van der Waals surface area contributed by atoms with Crippen LogP contribution in [0.1, 0.15) is 19.4 Å². The van der Waals surface area contributed by atoms with Crippen LogP contribution in [-0.4, -0.2) is 31.2 Å². The average Bonchev–Trinajstić information content (AvgIpc) is 2.58. The number of fused-ring (bicyclic) bond motifs is 1. The first-order chi connectivity index (χ1) is 7.67. The molecule has 0 aliphatic rings. The van der Waals surface area contributed by atoms with Gasteiger partial charge in [-0.2, -0.15) is 4.98 Å². The molecule has 2 heterocycles. The fourth-order valence-corrected chi connectivity index (χ4v) is 1.90. The molecule has 7 heteroatoms. The Kier molecular flexibility index (Phi) is 3.06. The van der Waals surface area contributed by atoms with Crippen molar-refractivity contribution < 1.29 is 5.11 Å². The van der Waals surface area contributed by atoms with E-state index in [2.05, 4.69) is 30.9 Å². The van der Waals surface area contributed by atoms with Gasteiger partial charge in [-0.1, -0.05) is 6.92 Å². The Labute approximate surface area is 101 Å². The summed E-state index contributed by atoms with van der Waals surface area (Å²) in [6, 6.07) is -0.112. The maximum atomic E-state index is 9.76. The Morgan fingerprint density at radius 2 is 2.31 bits per heavy atom. The highest BCUT2D eigenvalue weighted by Crippen LogP contribution is 2.24. The van der Waals surface area contributed by atoms with Gasteiger partial charge >= 0.3 is 0 Å². The summed E-state index contributed by atoms with van der Waals surface area (Å²) in [5.41, 5.74) is 6.62. The number of aromatic nitrogens is 4. The summed E-state index contributed by atoms with van der Waals surface area (Å²) in [5.74, 6) is 0. The highest BCUT2D eigenvalue weighted by Gasteiger charge is 2.18. The maximum Gasteiger partial charge on any atom is 0.297 e. The van der Waals surface area contributed by atoms with E-state index in [0.29, 0.717) is 22.4 Å². The molecule has 0 aromatic carbocycles. The van der Waals surface area contributed by atoms with Crippen molar-refractivity contribution in [3.05, 3.63) is 10.8 Å². The van der Waals surface area contributed by atoms with E-state index in [1.807, 2.05) is 6.92 Å². The predicted molar refractivity (Wildman–Crippen MR) is 63.1 cm³/mol. The molecule has 1 unspecified atom stereocenters. The molecule has 0 saturated heterocycles. The van der Waals surface area contributed by atoms with Gasteiger partial charge in [0.25, 0.3) is 6.01 Å². The minimum absolute atomic E-state index is 0.0198. The molecule has 0 amide bonds. The third kappa shape index (κ3) is 1.76. The van der Waals surface area contributed by atoms with Crippen LogP contribution in [-0.2, 0) is 0 Å². The van der Waals surface area contributed by atoms with E-state index in [1.165, 1.54) is 0 Å². The van der Waals surface area contributed by atoms with E-state index < -0.39 is 0 Å². The van der Waals surface area contributed by atoms with Crippen LogP contribution in [0.3, 0.4) is 0 Å². The minimum atomic E-state index is -0.0922. The molecule has 86 valence electrons. The number of halogens is 1. The van der Waals surface area contributed by atoms with E-state index >= 15 is 0 Å². The van der Waals surface area contributed by atoms with Crippen molar-refractivity contribution in [1.82, 2.24) is 19.5 Å². The lowest BCUT2D eigenvalue weighted by molar-refractivity contribution is 0.368. The monoisotopic (exact) mass is 285 g/mol. The SMILES string of the molecule is CCC(CN)n1c(O)nc2ncc(Br)nc21. The highest BCUT2D eigenvalue weighted by molar-refractivity contribution is 9.10. The molecule has 0 saturated carbocycles. The van der Waals surface area contributed by atoms with E-state index in [9.17, 15) is 5.11 Å². The predicted octanol–water partition coefficient (Wildman–Crippen LogP) is 1.20. The van der Waals surface area contributed by atoms with Gasteiger partial charge in [-0.05, 0) is 22.4 Å². The van der Waals surface area contributed by atoms with E-state index in [1.54, 1.807) is 10.8 Å². The lowest BCUT2D eigenvalue weighted by atomic mass is 10.2. The number of imidazole rings is 1. The third-order valence-electron chi connectivity index (χ3n) is 2.46. The summed E-state index contributed by atoms with van der Waals surface area (Å²) in [6.07, 6.45) is 2.34. The van der Waals surface area contributed by atoms with Crippen LogP contribution >= 0.6 is 15.9 Å². The Morgan fingerprint density at radius 3 is 2.94 bits per heavy atom. The smallest absolute Gasteiger partial charge is 0.297 e. The van der Waals surface area contributed by atoms with Crippen molar-refractivity contribution in [1.29, 1.82) is 0 Å². The van der Waals surface area contributed by atoms with Crippen LogP contribution in [0.15, 0.2) is 10.8 Å². The zero-order valence-corrected chi connectivity index (χ0v) is 10.3. The number of nitrogens with zero attached hydrogens (tertiary/aromatic N) is 4. The molecule has 0 spiro atoms. The number of hydrogen-bond acceptors (Lipinski definition) is 5. The van der Waals surface area contributed by atoms with Crippen molar-refractivity contribution in [2.24, 2.45) is 5.73 Å². The van der Waals surface area contributed by atoms with Crippen molar-refractivity contribution in [3.63, 3.8) is 0 Å². The topological polar surface area (TPSA) is 89.8 Å². The first-order valence-electron chi connectivity index (χ1n) is 4.96. The van der Waals surface area contributed by atoms with Gasteiger partial charge in [-0.25, -0.2) is 9.97 Å². The molecule has 0 radical (unpaired) electrons. The highest BCUT2D eigenvalue weighted by atomic mass is 79.9. The number of aromatic hydroxyl groups is 1. The minimum Gasteiger partial charge on any atom is -0.480 e. The number of nitrogens with two attached hydrogens (primary N) is 1. The first-order valence-corrected chi connectivity index (χ1v) is 5.76. The van der Waals surface area contributed by atoms with Gasteiger partial charge in [0, 0.05) is 6.54 Å². The van der Waals surface area contributed by atoms with Crippen LogP contribution in [0.25, 0.3) is 11.3 Å². The van der Waals surface area contributed by atoms with Gasteiger partial charge in [0.2, 0.25) is 5.65 Å². The summed E-state index contributed by atoms with van der Waals surface area (Å²) in [7, 11) is 0. The molecule has 6 nitrogen and oxygen atoms in total. The Bertz CT molecular complexity index is 508. The van der Waals surface area contributed by atoms with Gasteiger partial charge in [0.1, 0.15) is 4.60 Å². The van der Waals surface area contributed by atoms with Crippen LogP contribution < -0.4 is 5.73 Å². The van der Waals surface area contributed by atoms with Crippen LogP contribution in [0.5, 0.6) is 6.01 Å². The van der Waals surface area contributed by atoms with E-state index in [-0.39, 0.29) is 12.1 Å². The van der Waals surface area contributed by atoms with Crippen molar-refractivity contribution in [2.75, 3.05) is 6.54 Å². The van der Waals surface area contributed by atoms with Crippen molar-refractivity contribution in [2.45, 2.75) is 19.4 Å². The van der Waals surface area contributed by atoms with Gasteiger partial charge in [0.15, 0.2) is 5.65 Å². The van der Waals surface area contributed by atoms with Crippen LogP contribution in [0, 0.1) is 0 Å². The van der Waals surface area contributed by atoms with Crippen molar-refractivity contribution in [3.8, 4) is 6.01 Å². The second-order valence-corrected chi connectivity index (χ2v) is 4.23. The molecule has 3 N–H and O–H groups in total. The number of hydrogen-bond donors (Lipinski definition) is 2. The second-order valence-electron chi connectivity index (χ2n) is 3.42. The van der Waals surface area contributed by atoms with Crippen LogP contribution in [0.2, 0.25) is 0 Å². The molecule has 0 aliphatic carbocycles. The Balaban J connectivity index is 2.66. The molecule has 2 aromatic rings. The van der Waals surface area contributed by atoms with Crippen LogP contribution in [0.4, 0.5) is 0 Å². The molecule has 2 aromatic heterocycles. The van der Waals surface area contributed by atoms with Gasteiger partial charge in [0.05, 0.1) is 12.2 Å². The van der Waals surface area contributed by atoms with Gasteiger partial charge in [-0.3, -0.25) is 4.57 Å². The molecule has 2 rings (SSSR count). The molecule has 0 fully saturated rings. The maximum absolute atomic E-state index is 9.76. The lowest BCUT2D eigenvalue weighted by Crippen LogP contribution is -2.18. The normalized spacial score (nSPS) is 13.2. The third-order valence-corrected chi connectivity index (χ3v) is 2.85. The fourth-order valence-electron chi connectivity index (χ4n) is 1.63. The van der Waals surface area contributed by atoms with E-state index in [0.717, 1.165) is 6.42 Å². The van der Waals surface area contributed by atoms with Gasteiger partial charge < -0.3 is 10.8 Å².